The van der Waals surface area contributed by atoms with Gasteiger partial charge >= 0.3 is 0 Å². The van der Waals surface area contributed by atoms with Crippen molar-refractivity contribution in [1.82, 2.24) is 9.55 Å². The summed E-state index contributed by atoms with van der Waals surface area (Å²) in [5.41, 5.74) is 3.22. The van der Waals surface area contributed by atoms with E-state index in [1.54, 1.807) is 0 Å². The van der Waals surface area contributed by atoms with Gasteiger partial charge in [0.15, 0.2) is 0 Å². The van der Waals surface area contributed by atoms with Crippen LogP contribution in [0.2, 0.25) is 0 Å². The van der Waals surface area contributed by atoms with Crippen molar-refractivity contribution in [1.29, 1.82) is 0 Å². The van der Waals surface area contributed by atoms with Crippen LogP contribution in [-0.2, 0) is 6.54 Å². The second-order valence-electron chi connectivity index (χ2n) is 5.09. The van der Waals surface area contributed by atoms with E-state index >= 15 is 0 Å². The first-order valence-electron chi connectivity index (χ1n) is 6.09. The lowest BCUT2D eigenvalue weighted by Gasteiger charge is -2.09. The van der Waals surface area contributed by atoms with Crippen LogP contribution in [-0.4, -0.2) is 9.55 Å². The lowest BCUT2D eigenvalue weighted by atomic mass is 10.1. The number of nitrogens with zero attached hydrogens (tertiary/aromatic N) is 2. The normalized spacial score (nSPS) is 18.6. The fourth-order valence-electron chi connectivity index (χ4n) is 2.74. The number of fused-ring (bicyclic) bond motifs is 2. The number of benzene rings is 1. The van der Waals surface area contributed by atoms with Gasteiger partial charge in [0, 0.05) is 12.5 Å². The Morgan fingerprint density at radius 1 is 1.35 bits per heavy atom. The summed E-state index contributed by atoms with van der Waals surface area (Å²) in [6.45, 7) is 7.00. The summed E-state index contributed by atoms with van der Waals surface area (Å²) in [5.74, 6) is 1.35. The Hall–Kier alpha value is -1.64. The maximum Gasteiger partial charge on any atom is 0.261 e. The van der Waals surface area contributed by atoms with E-state index in [-0.39, 0.29) is 5.56 Å². The van der Waals surface area contributed by atoms with E-state index in [0.717, 1.165) is 40.8 Å². The molecule has 2 heterocycles. The van der Waals surface area contributed by atoms with Crippen LogP contribution < -0.4 is 5.56 Å². The molecular formula is C14H16N2O. The lowest BCUT2D eigenvalue weighted by molar-refractivity contribution is 0.695. The van der Waals surface area contributed by atoms with E-state index in [0.29, 0.717) is 5.92 Å². The molecular weight excluding hydrogens is 212 g/mol. The van der Waals surface area contributed by atoms with Crippen molar-refractivity contribution in [3.63, 3.8) is 0 Å². The van der Waals surface area contributed by atoms with Gasteiger partial charge in [0.1, 0.15) is 5.82 Å². The highest BCUT2D eigenvalue weighted by Gasteiger charge is 2.22. The third kappa shape index (κ3) is 1.42. The molecule has 3 heteroatoms. The highest BCUT2D eigenvalue weighted by molar-refractivity contribution is 5.81. The minimum Gasteiger partial charge on any atom is -0.296 e. The summed E-state index contributed by atoms with van der Waals surface area (Å²) < 4.78 is 1.84. The molecule has 1 atom stereocenters. The van der Waals surface area contributed by atoms with Crippen LogP contribution >= 0.6 is 0 Å². The van der Waals surface area contributed by atoms with Crippen molar-refractivity contribution in [2.75, 3.05) is 0 Å². The van der Waals surface area contributed by atoms with Crippen molar-refractivity contribution in [3.05, 3.63) is 39.4 Å². The first kappa shape index (κ1) is 10.5. The summed E-state index contributed by atoms with van der Waals surface area (Å²) in [6.07, 6.45) is 1.02. The van der Waals surface area contributed by atoms with E-state index in [1.807, 2.05) is 24.5 Å². The number of aryl methyl sites for hydroxylation is 2. The first-order chi connectivity index (χ1) is 8.08. The van der Waals surface area contributed by atoms with Crippen LogP contribution in [0.15, 0.2) is 16.9 Å². The topological polar surface area (TPSA) is 34.9 Å². The van der Waals surface area contributed by atoms with Gasteiger partial charge in [-0.25, -0.2) is 4.98 Å². The summed E-state index contributed by atoms with van der Waals surface area (Å²) in [4.78, 5) is 17.1. The zero-order valence-electron chi connectivity index (χ0n) is 10.4. The van der Waals surface area contributed by atoms with Gasteiger partial charge in [0.25, 0.3) is 5.56 Å². The van der Waals surface area contributed by atoms with Gasteiger partial charge in [-0.2, -0.15) is 0 Å². The molecule has 0 bridgehead atoms. The molecule has 17 heavy (non-hydrogen) atoms. The van der Waals surface area contributed by atoms with E-state index in [4.69, 9.17) is 4.98 Å². The minimum absolute atomic E-state index is 0.126. The van der Waals surface area contributed by atoms with Crippen molar-refractivity contribution in [2.24, 2.45) is 0 Å². The van der Waals surface area contributed by atoms with E-state index in [2.05, 4.69) is 13.0 Å². The second-order valence-corrected chi connectivity index (χ2v) is 5.09. The SMILES string of the molecule is Cc1cc(C)c2nc3n(c(=O)c2c1)CCC3C. The molecule has 3 rings (SSSR count). The van der Waals surface area contributed by atoms with Gasteiger partial charge in [-0.3, -0.25) is 9.36 Å². The van der Waals surface area contributed by atoms with Crippen molar-refractivity contribution in [2.45, 2.75) is 39.7 Å². The van der Waals surface area contributed by atoms with E-state index in [9.17, 15) is 4.79 Å². The van der Waals surface area contributed by atoms with Crippen molar-refractivity contribution < 1.29 is 0 Å². The van der Waals surface area contributed by atoms with Crippen molar-refractivity contribution >= 4 is 10.9 Å². The molecule has 0 N–H and O–H groups in total. The summed E-state index contributed by atoms with van der Waals surface area (Å²) in [5, 5.41) is 0.764. The van der Waals surface area contributed by atoms with Crippen LogP contribution in [0.4, 0.5) is 0 Å². The molecule has 88 valence electrons. The Morgan fingerprint density at radius 3 is 2.88 bits per heavy atom. The molecule has 0 fully saturated rings. The number of hydrogen-bond donors (Lipinski definition) is 0. The van der Waals surface area contributed by atoms with Crippen LogP contribution in [0.25, 0.3) is 10.9 Å². The quantitative estimate of drug-likeness (QED) is 0.694. The predicted molar refractivity (Wildman–Crippen MR) is 68.5 cm³/mol. The van der Waals surface area contributed by atoms with Crippen LogP contribution in [0, 0.1) is 13.8 Å². The van der Waals surface area contributed by atoms with Gasteiger partial charge in [-0.15, -0.1) is 0 Å². The molecule has 3 nitrogen and oxygen atoms in total. The fourth-order valence-corrected chi connectivity index (χ4v) is 2.74. The zero-order chi connectivity index (χ0) is 12.2. The standard InChI is InChI=1S/C14H16N2O/c1-8-6-10(3)12-11(7-8)14(17)16-5-4-9(2)13(16)15-12/h6-7,9H,4-5H2,1-3H3. The Morgan fingerprint density at radius 2 is 2.12 bits per heavy atom. The third-order valence-electron chi connectivity index (χ3n) is 3.65. The minimum atomic E-state index is 0.126. The van der Waals surface area contributed by atoms with Gasteiger partial charge in [-0.05, 0) is 37.5 Å². The zero-order valence-corrected chi connectivity index (χ0v) is 10.4. The number of rotatable bonds is 0. The Balaban J connectivity index is 2.48. The maximum absolute atomic E-state index is 12.4. The largest absolute Gasteiger partial charge is 0.296 e. The molecule has 1 aromatic heterocycles. The molecule has 0 aliphatic carbocycles. The van der Waals surface area contributed by atoms with Crippen LogP contribution in [0.3, 0.4) is 0 Å². The fraction of sp³-hybridized carbons (Fsp3) is 0.429. The average molecular weight is 228 g/mol. The molecule has 0 saturated heterocycles. The monoisotopic (exact) mass is 228 g/mol. The van der Waals surface area contributed by atoms with Crippen LogP contribution in [0.5, 0.6) is 0 Å². The Labute approximate surface area is 100 Å². The van der Waals surface area contributed by atoms with E-state index in [1.165, 1.54) is 0 Å². The highest BCUT2D eigenvalue weighted by atomic mass is 16.1. The molecule has 0 radical (unpaired) electrons. The van der Waals surface area contributed by atoms with Gasteiger partial charge in [0.2, 0.25) is 0 Å². The molecule has 0 amide bonds. The molecule has 2 aromatic rings. The lowest BCUT2D eigenvalue weighted by Crippen LogP contribution is -2.21. The Kier molecular flexibility index (Phi) is 2.12. The predicted octanol–water partition coefficient (Wildman–Crippen LogP) is 2.52. The second kappa shape index (κ2) is 3.42. The number of aromatic nitrogens is 2. The molecule has 1 aromatic carbocycles. The molecule has 0 saturated carbocycles. The molecule has 1 unspecified atom stereocenters. The van der Waals surface area contributed by atoms with Gasteiger partial charge in [-0.1, -0.05) is 13.0 Å². The van der Waals surface area contributed by atoms with Gasteiger partial charge < -0.3 is 0 Å². The summed E-state index contributed by atoms with van der Waals surface area (Å²) in [7, 11) is 0. The molecule has 1 aliphatic rings. The van der Waals surface area contributed by atoms with Crippen molar-refractivity contribution in [3.8, 4) is 0 Å². The average Bonchev–Trinajstić information content (AvgIpc) is 2.63. The molecule has 0 spiro atoms. The first-order valence-corrected chi connectivity index (χ1v) is 6.09. The maximum atomic E-state index is 12.4. The number of hydrogen-bond acceptors (Lipinski definition) is 2. The summed E-state index contributed by atoms with van der Waals surface area (Å²) >= 11 is 0. The third-order valence-corrected chi connectivity index (χ3v) is 3.65. The smallest absolute Gasteiger partial charge is 0.261 e. The van der Waals surface area contributed by atoms with Crippen LogP contribution in [0.1, 0.15) is 36.2 Å². The highest BCUT2D eigenvalue weighted by Crippen LogP contribution is 2.26. The summed E-state index contributed by atoms with van der Waals surface area (Å²) in [6, 6.07) is 4.04. The Bertz CT molecular complexity index is 670. The molecule has 1 aliphatic heterocycles. The van der Waals surface area contributed by atoms with Gasteiger partial charge in [0.05, 0.1) is 10.9 Å². The van der Waals surface area contributed by atoms with E-state index < -0.39 is 0 Å².